The second-order valence-corrected chi connectivity index (χ2v) is 4.76. The average molecular weight is 294 g/mol. The van der Waals surface area contributed by atoms with Crippen LogP contribution < -0.4 is 0 Å². The Bertz CT molecular complexity index is 568. The third kappa shape index (κ3) is 2.46. The highest BCUT2D eigenvalue weighted by molar-refractivity contribution is 7.15. The van der Waals surface area contributed by atoms with Crippen LogP contribution in [0, 0.1) is 0 Å². The van der Waals surface area contributed by atoms with E-state index in [1.807, 2.05) is 6.92 Å². The van der Waals surface area contributed by atoms with E-state index in [-0.39, 0.29) is 5.15 Å². The molecule has 96 valence electrons. The zero-order valence-electron chi connectivity index (χ0n) is 9.12. The number of alkyl halides is 3. The summed E-state index contributed by atoms with van der Waals surface area (Å²) in [4.78, 5) is 11.5. The molecule has 0 aliphatic heterocycles. The molecule has 0 fully saturated rings. The van der Waals surface area contributed by atoms with Crippen LogP contribution >= 0.6 is 22.9 Å². The molecule has 2 heterocycles. The summed E-state index contributed by atoms with van der Waals surface area (Å²) in [6.45, 7) is 1.83. The van der Waals surface area contributed by atoms with E-state index in [0.717, 1.165) is 6.20 Å². The van der Waals surface area contributed by atoms with Gasteiger partial charge in [-0.3, -0.25) is 0 Å². The van der Waals surface area contributed by atoms with Gasteiger partial charge in [-0.1, -0.05) is 18.5 Å². The maximum absolute atomic E-state index is 12.5. The molecule has 18 heavy (non-hydrogen) atoms. The van der Waals surface area contributed by atoms with Gasteiger partial charge in [-0.05, 0) is 6.42 Å². The summed E-state index contributed by atoms with van der Waals surface area (Å²) >= 11 is 6.43. The van der Waals surface area contributed by atoms with Crippen molar-refractivity contribution in [2.24, 2.45) is 0 Å². The summed E-state index contributed by atoms with van der Waals surface area (Å²) in [6.07, 6.45) is -1.52. The molecule has 0 amide bonds. The summed E-state index contributed by atoms with van der Waals surface area (Å²) in [6, 6.07) is 0. The molecule has 2 rings (SSSR count). The number of halogens is 4. The van der Waals surface area contributed by atoms with E-state index in [0.29, 0.717) is 33.9 Å². The highest BCUT2D eigenvalue weighted by Crippen LogP contribution is 2.37. The Kier molecular flexibility index (Phi) is 3.54. The fourth-order valence-electron chi connectivity index (χ4n) is 1.43. The lowest BCUT2D eigenvalue weighted by Gasteiger charge is -2.05. The van der Waals surface area contributed by atoms with Gasteiger partial charge < -0.3 is 0 Å². The Hall–Kier alpha value is -1.21. The summed E-state index contributed by atoms with van der Waals surface area (Å²) < 4.78 is 37.4. The second-order valence-electron chi connectivity index (χ2n) is 3.37. The zero-order chi connectivity index (χ0) is 13.3. The van der Waals surface area contributed by atoms with Gasteiger partial charge in [-0.2, -0.15) is 13.2 Å². The second kappa shape index (κ2) is 4.81. The van der Waals surface area contributed by atoms with Gasteiger partial charge in [0.05, 0.1) is 10.6 Å². The van der Waals surface area contributed by atoms with Crippen molar-refractivity contribution in [1.29, 1.82) is 0 Å². The van der Waals surface area contributed by atoms with Crippen LogP contribution in [-0.4, -0.2) is 15.0 Å². The first-order valence-electron chi connectivity index (χ1n) is 4.96. The highest BCUT2D eigenvalue weighted by Gasteiger charge is 2.35. The van der Waals surface area contributed by atoms with Crippen LogP contribution in [0.1, 0.15) is 17.5 Å². The highest BCUT2D eigenvalue weighted by atomic mass is 35.5. The van der Waals surface area contributed by atoms with Crippen molar-refractivity contribution in [3.05, 3.63) is 28.2 Å². The van der Waals surface area contributed by atoms with Gasteiger partial charge in [-0.15, -0.1) is 11.3 Å². The SMILES string of the molecule is CCc1c(Cl)ncnc1-c1cnc(C(F)(F)F)s1. The lowest BCUT2D eigenvalue weighted by Crippen LogP contribution is -2.02. The number of nitrogens with zero attached hydrogens (tertiary/aromatic N) is 3. The quantitative estimate of drug-likeness (QED) is 0.790. The van der Waals surface area contributed by atoms with Crippen molar-refractivity contribution < 1.29 is 13.2 Å². The Morgan fingerprint density at radius 2 is 2.00 bits per heavy atom. The van der Waals surface area contributed by atoms with E-state index in [1.54, 1.807) is 0 Å². The summed E-state index contributed by atoms with van der Waals surface area (Å²) in [7, 11) is 0. The normalized spacial score (nSPS) is 11.8. The molecule has 3 nitrogen and oxygen atoms in total. The molecule has 0 unspecified atom stereocenters. The predicted octanol–water partition coefficient (Wildman–Crippen LogP) is 3.83. The van der Waals surface area contributed by atoms with Gasteiger partial charge >= 0.3 is 6.18 Å². The maximum atomic E-state index is 12.5. The molecular weight excluding hydrogens is 287 g/mol. The van der Waals surface area contributed by atoms with E-state index >= 15 is 0 Å². The van der Waals surface area contributed by atoms with Crippen molar-refractivity contribution in [3.8, 4) is 10.6 Å². The summed E-state index contributed by atoms with van der Waals surface area (Å²) in [5, 5.41) is -0.640. The molecule has 0 saturated heterocycles. The Balaban J connectivity index is 2.50. The van der Waals surface area contributed by atoms with Gasteiger partial charge in [0.15, 0.2) is 5.01 Å². The van der Waals surface area contributed by atoms with Crippen LogP contribution in [0.3, 0.4) is 0 Å². The van der Waals surface area contributed by atoms with Gasteiger partial charge in [0.2, 0.25) is 0 Å². The molecule has 2 aromatic rings. The van der Waals surface area contributed by atoms with Gasteiger partial charge in [0.1, 0.15) is 11.5 Å². The largest absolute Gasteiger partial charge is 0.443 e. The Morgan fingerprint density at radius 3 is 2.56 bits per heavy atom. The maximum Gasteiger partial charge on any atom is 0.443 e. The standard InChI is InChI=1S/C10H7ClF3N3S/c1-2-5-7(16-4-17-8(5)11)6-3-15-9(18-6)10(12,13)14/h3-4H,2H2,1H3. The van der Waals surface area contributed by atoms with Crippen LogP contribution in [0.4, 0.5) is 13.2 Å². The van der Waals surface area contributed by atoms with E-state index in [1.165, 1.54) is 6.33 Å². The van der Waals surface area contributed by atoms with Crippen molar-refractivity contribution in [3.63, 3.8) is 0 Å². The first-order valence-corrected chi connectivity index (χ1v) is 6.15. The van der Waals surface area contributed by atoms with Gasteiger partial charge in [-0.25, -0.2) is 15.0 Å². The fourth-order valence-corrected chi connectivity index (χ4v) is 2.51. The number of thiazole rings is 1. The van der Waals surface area contributed by atoms with Crippen molar-refractivity contribution in [2.45, 2.75) is 19.5 Å². The molecule has 0 saturated carbocycles. The van der Waals surface area contributed by atoms with Crippen molar-refractivity contribution >= 4 is 22.9 Å². The molecular formula is C10H7ClF3N3S. The van der Waals surface area contributed by atoms with E-state index < -0.39 is 11.2 Å². The molecule has 0 atom stereocenters. The first-order chi connectivity index (χ1) is 8.43. The zero-order valence-corrected chi connectivity index (χ0v) is 10.7. The average Bonchev–Trinajstić information content (AvgIpc) is 2.77. The number of rotatable bonds is 2. The minimum Gasteiger partial charge on any atom is -0.240 e. The lowest BCUT2D eigenvalue weighted by molar-refractivity contribution is -0.137. The minimum absolute atomic E-state index is 0.254. The molecule has 0 bridgehead atoms. The number of aromatic nitrogens is 3. The van der Waals surface area contributed by atoms with Crippen LogP contribution in [0.5, 0.6) is 0 Å². The Labute approximate surface area is 110 Å². The molecule has 0 aromatic carbocycles. The molecule has 0 radical (unpaired) electrons. The van der Waals surface area contributed by atoms with Gasteiger partial charge in [0, 0.05) is 11.8 Å². The predicted molar refractivity (Wildman–Crippen MR) is 62.5 cm³/mol. The summed E-state index contributed by atoms with van der Waals surface area (Å²) in [5.74, 6) is 0. The van der Waals surface area contributed by atoms with Crippen molar-refractivity contribution in [2.75, 3.05) is 0 Å². The molecule has 8 heteroatoms. The number of hydrogen-bond donors (Lipinski definition) is 0. The van der Waals surface area contributed by atoms with Crippen LogP contribution in [0.15, 0.2) is 12.5 Å². The minimum atomic E-state index is -4.44. The molecule has 0 N–H and O–H groups in total. The van der Waals surface area contributed by atoms with Gasteiger partial charge in [0.25, 0.3) is 0 Å². The lowest BCUT2D eigenvalue weighted by atomic mass is 10.1. The summed E-state index contributed by atoms with van der Waals surface area (Å²) in [5.41, 5.74) is 1.03. The third-order valence-electron chi connectivity index (χ3n) is 2.23. The van der Waals surface area contributed by atoms with Crippen LogP contribution in [0.25, 0.3) is 10.6 Å². The molecule has 0 spiro atoms. The monoisotopic (exact) mass is 293 g/mol. The van der Waals surface area contributed by atoms with E-state index in [2.05, 4.69) is 15.0 Å². The Morgan fingerprint density at radius 1 is 1.28 bits per heavy atom. The van der Waals surface area contributed by atoms with Crippen LogP contribution in [-0.2, 0) is 12.6 Å². The fraction of sp³-hybridized carbons (Fsp3) is 0.300. The first kappa shape index (κ1) is 13.2. The van der Waals surface area contributed by atoms with E-state index in [4.69, 9.17) is 11.6 Å². The molecule has 0 aliphatic rings. The third-order valence-corrected chi connectivity index (χ3v) is 3.60. The topological polar surface area (TPSA) is 38.7 Å². The van der Waals surface area contributed by atoms with E-state index in [9.17, 15) is 13.2 Å². The van der Waals surface area contributed by atoms with Crippen LogP contribution in [0.2, 0.25) is 5.15 Å². The smallest absolute Gasteiger partial charge is 0.240 e. The number of hydrogen-bond acceptors (Lipinski definition) is 4. The molecule has 2 aromatic heterocycles. The van der Waals surface area contributed by atoms with Crippen molar-refractivity contribution in [1.82, 2.24) is 15.0 Å². The molecule has 0 aliphatic carbocycles.